The van der Waals surface area contributed by atoms with Gasteiger partial charge in [0, 0.05) is 30.5 Å². The standard InChI is InChI=1S/C18H20F3NO3S2/c19-18(20,21)16-4-2-1-3-14(16)11-17(13-23)6-8-22(9-7-17)27(24,25)15-5-10-26-12-15/h1-5,10,12,23H,6-9,11,13H2. The highest BCUT2D eigenvalue weighted by Crippen LogP contribution is 2.40. The van der Waals surface area contributed by atoms with E-state index in [1.165, 1.54) is 33.8 Å². The number of hydrogen-bond donors (Lipinski definition) is 1. The van der Waals surface area contributed by atoms with Gasteiger partial charge in [0.15, 0.2) is 0 Å². The smallest absolute Gasteiger partial charge is 0.396 e. The lowest BCUT2D eigenvalue weighted by Crippen LogP contribution is -2.45. The maximum Gasteiger partial charge on any atom is 0.416 e. The maximum absolute atomic E-state index is 13.3. The monoisotopic (exact) mass is 419 g/mol. The summed E-state index contributed by atoms with van der Waals surface area (Å²) >= 11 is 1.29. The molecule has 0 amide bonds. The molecule has 1 saturated heterocycles. The number of rotatable bonds is 5. The number of nitrogens with zero attached hydrogens (tertiary/aromatic N) is 1. The summed E-state index contributed by atoms with van der Waals surface area (Å²) in [6.45, 7) is 0.0609. The van der Waals surface area contributed by atoms with Crippen LogP contribution in [0.2, 0.25) is 0 Å². The lowest BCUT2D eigenvalue weighted by Gasteiger charge is -2.40. The van der Waals surface area contributed by atoms with Crippen LogP contribution in [0.1, 0.15) is 24.0 Å². The zero-order valence-electron chi connectivity index (χ0n) is 14.4. The van der Waals surface area contributed by atoms with Gasteiger partial charge >= 0.3 is 6.18 Å². The Morgan fingerprint density at radius 1 is 1.15 bits per heavy atom. The van der Waals surface area contributed by atoms with Gasteiger partial charge in [-0.3, -0.25) is 0 Å². The van der Waals surface area contributed by atoms with Crippen LogP contribution in [0.15, 0.2) is 46.0 Å². The molecule has 0 spiro atoms. The molecule has 0 atom stereocenters. The van der Waals surface area contributed by atoms with Gasteiger partial charge in [-0.15, -0.1) is 0 Å². The van der Waals surface area contributed by atoms with Crippen LogP contribution in [0, 0.1) is 5.41 Å². The second kappa shape index (κ2) is 7.54. The highest BCUT2D eigenvalue weighted by atomic mass is 32.2. The molecule has 1 aliphatic heterocycles. The first kappa shape index (κ1) is 20.3. The number of sulfonamides is 1. The van der Waals surface area contributed by atoms with E-state index in [-0.39, 0.29) is 36.6 Å². The van der Waals surface area contributed by atoms with Crippen molar-refractivity contribution < 1.29 is 26.7 Å². The van der Waals surface area contributed by atoms with Crippen LogP contribution in [-0.4, -0.2) is 37.5 Å². The minimum absolute atomic E-state index is 0.0610. The Bertz CT molecular complexity index is 872. The maximum atomic E-state index is 13.3. The molecule has 1 N–H and O–H groups in total. The molecule has 1 aromatic heterocycles. The molecule has 0 saturated carbocycles. The number of aliphatic hydroxyl groups excluding tert-OH is 1. The van der Waals surface area contributed by atoms with Gasteiger partial charge in [-0.25, -0.2) is 8.42 Å². The normalized spacial score (nSPS) is 18.5. The van der Waals surface area contributed by atoms with Crippen LogP contribution in [0.25, 0.3) is 0 Å². The van der Waals surface area contributed by atoms with Gasteiger partial charge in [0.1, 0.15) is 0 Å². The van der Waals surface area contributed by atoms with E-state index in [0.717, 1.165) is 6.07 Å². The molecule has 2 heterocycles. The Labute approximate surface area is 160 Å². The van der Waals surface area contributed by atoms with Crippen molar-refractivity contribution in [2.24, 2.45) is 5.41 Å². The first-order valence-corrected chi connectivity index (χ1v) is 10.8. The third-order valence-corrected chi connectivity index (χ3v) is 7.87. The summed E-state index contributed by atoms with van der Waals surface area (Å²) in [5, 5.41) is 13.2. The van der Waals surface area contributed by atoms with Crippen molar-refractivity contribution in [2.75, 3.05) is 19.7 Å². The third-order valence-electron chi connectivity index (χ3n) is 5.14. The quantitative estimate of drug-likeness (QED) is 0.803. The topological polar surface area (TPSA) is 57.6 Å². The Hall–Kier alpha value is -1.42. The molecule has 1 aromatic carbocycles. The highest BCUT2D eigenvalue weighted by molar-refractivity contribution is 7.89. The Morgan fingerprint density at radius 3 is 2.37 bits per heavy atom. The van der Waals surface area contributed by atoms with Gasteiger partial charge in [0.05, 0.1) is 10.5 Å². The summed E-state index contributed by atoms with van der Waals surface area (Å²) in [5.41, 5.74) is -1.33. The van der Waals surface area contributed by atoms with Crippen molar-refractivity contribution in [3.05, 3.63) is 52.2 Å². The van der Waals surface area contributed by atoms with E-state index in [9.17, 15) is 26.7 Å². The molecule has 9 heteroatoms. The van der Waals surface area contributed by atoms with E-state index in [4.69, 9.17) is 0 Å². The fourth-order valence-electron chi connectivity index (χ4n) is 3.49. The molecule has 2 aromatic rings. The molecular formula is C18H20F3NO3S2. The number of piperidine rings is 1. The van der Waals surface area contributed by atoms with Gasteiger partial charge < -0.3 is 5.11 Å². The van der Waals surface area contributed by atoms with Crippen molar-refractivity contribution in [1.82, 2.24) is 4.31 Å². The van der Waals surface area contributed by atoms with Crippen molar-refractivity contribution in [3.63, 3.8) is 0 Å². The molecule has 27 heavy (non-hydrogen) atoms. The van der Waals surface area contributed by atoms with E-state index in [0.29, 0.717) is 12.8 Å². The van der Waals surface area contributed by atoms with Crippen LogP contribution >= 0.6 is 11.3 Å². The van der Waals surface area contributed by atoms with Crippen molar-refractivity contribution in [1.29, 1.82) is 0 Å². The lowest BCUT2D eigenvalue weighted by atomic mass is 9.74. The van der Waals surface area contributed by atoms with Gasteiger partial charge in [-0.1, -0.05) is 18.2 Å². The van der Waals surface area contributed by atoms with Crippen LogP contribution in [0.5, 0.6) is 0 Å². The first-order chi connectivity index (χ1) is 12.7. The number of hydrogen-bond acceptors (Lipinski definition) is 4. The van der Waals surface area contributed by atoms with Crippen LogP contribution < -0.4 is 0 Å². The Morgan fingerprint density at radius 2 is 1.81 bits per heavy atom. The average molecular weight is 419 g/mol. The Kier molecular flexibility index (Phi) is 5.67. The van der Waals surface area contributed by atoms with E-state index in [1.54, 1.807) is 16.8 Å². The molecule has 0 unspecified atom stereocenters. The predicted octanol–water partition coefficient (Wildman–Crippen LogP) is 3.77. The molecule has 0 bridgehead atoms. The minimum Gasteiger partial charge on any atom is -0.396 e. The second-order valence-electron chi connectivity index (χ2n) is 6.85. The average Bonchev–Trinajstić information content (AvgIpc) is 3.17. The zero-order chi connectivity index (χ0) is 19.7. The number of aliphatic hydroxyl groups is 1. The van der Waals surface area contributed by atoms with E-state index in [2.05, 4.69) is 0 Å². The zero-order valence-corrected chi connectivity index (χ0v) is 16.1. The van der Waals surface area contributed by atoms with E-state index >= 15 is 0 Å². The summed E-state index contributed by atoms with van der Waals surface area (Å²) in [6.07, 6.45) is -3.79. The summed E-state index contributed by atoms with van der Waals surface area (Å²) in [4.78, 5) is 0.228. The fraction of sp³-hybridized carbons (Fsp3) is 0.444. The molecule has 4 nitrogen and oxygen atoms in total. The first-order valence-electron chi connectivity index (χ1n) is 8.46. The fourth-order valence-corrected chi connectivity index (χ4v) is 5.95. The second-order valence-corrected chi connectivity index (χ2v) is 9.57. The number of halogens is 3. The summed E-state index contributed by atoms with van der Waals surface area (Å²) in [7, 11) is -3.60. The number of benzene rings is 1. The SMILES string of the molecule is O=S(=O)(c1ccsc1)N1CCC(CO)(Cc2ccccc2C(F)(F)F)CC1. The summed E-state index contributed by atoms with van der Waals surface area (Å²) in [5.74, 6) is 0. The van der Waals surface area contributed by atoms with Crippen molar-refractivity contribution in [2.45, 2.75) is 30.3 Å². The lowest BCUT2D eigenvalue weighted by molar-refractivity contribution is -0.138. The minimum atomic E-state index is -4.46. The molecular weight excluding hydrogens is 399 g/mol. The summed E-state index contributed by atoms with van der Waals surface area (Å²) < 4.78 is 66.3. The third kappa shape index (κ3) is 4.21. The summed E-state index contributed by atoms with van der Waals surface area (Å²) in [6, 6.07) is 6.89. The van der Waals surface area contributed by atoms with E-state index < -0.39 is 27.2 Å². The van der Waals surface area contributed by atoms with E-state index in [1.807, 2.05) is 0 Å². The van der Waals surface area contributed by atoms with Gasteiger partial charge in [0.25, 0.3) is 0 Å². The Balaban J connectivity index is 1.78. The largest absolute Gasteiger partial charge is 0.416 e. The molecule has 1 aliphatic rings. The van der Waals surface area contributed by atoms with Gasteiger partial charge in [0.2, 0.25) is 10.0 Å². The predicted molar refractivity (Wildman–Crippen MR) is 97.0 cm³/mol. The number of alkyl halides is 3. The molecule has 0 aliphatic carbocycles. The van der Waals surface area contributed by atoms with Crippen LogP contribution in [0.4, 0.5) is 13.2 Å². The molecule has 0 radical (unpaired) electrons. The molecule has 3 rings (SSSR count). The molecule has 1 fully saturated rings. The van der Waals surface area contributed by atoms with Crippen LogP contribution in [-0.2, 0) is 22.6 Å². The van der Waals surface area contributed by atoms with Crippen molar-refractivity contribution >= 4 is 21.4 Å². The van der Waals surface area contributed by atoms with Crippen LogP contribution in [0.3, 0.4) is 0 Å². The van der Waals surface area contributed by atoms with Gasteiger partial charge in [-0.2, -0.15) is 28.8 Å². The highest BCUT2D eigenvalue weighted by Gasteiger charge is 2.41. The van der Waals surface area contributed by atoms with Gasteiger partial charge in [-0.05, 0) is 42.3 Å². The molecule has 148 valence electrons. The van der Waals surface area contributed by atoms with Crippen molar-refractivity contribution in [3.8, 4) is 0 Å². The number of thiophene rings is 1.